The summed E-state index contributed by atoms with van der Waals surface area (Å²) in [7, 11) is 0. The van der Waals surface area contributed by atoms with Gasteiger partial charge in [0.15, 0.2) is 0 Å². The van der Waals surface area contributed by atoms with Crippen molar-refractivity contribution >= 4 is 5.91 Å². The average molecular weight is 265 g/mol. The van der Waals surface area contributed by atoms with Gasteiger partial charge in [-0.25, -0.2) is 0 Å². The molecule has 0 bridgehead atoms. The van der Waals surface area contributed by atoms with Gasteiger partial charge in [0, 0.05) is 18.8 Å². The van der Waals surface area contributed by atoms with E-state index >= 15 is 0 Å². The monoisotopic (exact) mass is 265 g/mol. The van der Waals surface area contributed by atoms with E-state index in [1.807, 2.05) is 17.8 Å². The van der Waals surface area contributed by atoms with E-state index in [1.165, 1.54) is 12.8 Å². The first-order valence-corrected chi connectivity index (χ1v) is 7.17. The van der Waals surface area contributed by atoms with E-state index in [-0.39, 0.29) is 18.6 Å². The molecule has 1 aromatic rings. The minimum absolute atomic E-state index is 0.0660. The van der Waals surface area contributed by atoms with Crippen LogP contribution >= 0.6 is 0 Å². The first kappa shape index (κ1) is 14.1. The summed E-state index contributed by atoms with van der Waals surface area (Å²) in [6.07, 6.45) is 8.23. The second kappa shape index (κ2) is 6.70. The lowest BCUT2D eigenvalue weighted by Gasteiger charge is -2.12. The lowest BCUT2D eigenvalue weighted by atomic mass is 10.2. The van der Waals surface area contributed by atoms with E-state index in [0.29, 0.717) is 18.2 Å². The highest BCUT2D eigenvalue weighted by atomic mass is 16.3. The number of aliphatic hydroxyl groups is 1. The van der Waals surface area contributed by atoms with Crippen LogP contribution < -0.4 is 5.32 Å². The molecule has 1 atom stereocenters. The largest absolute Gasteiger partial charge is 0.396 e. The van der Waals surface area contributed by atoms with Gasteiger partial charge in [0.1, 0.15) is 5.69 Å². The minimum Gasteiger partial charge on any atom is -0.396 e. The lowest BCUT2D eigenvalue weighted by molar-refractivity contribution is 0.0930. The number of nitrogens with zero attached hydrogens (tertiary/aromatic N) is 2. The fourth-order valence-corrected chi connectivity index (χ4v) is 2.60. The smallest absolute Gasteiger partial charge is 0.271 e. The number of carbonyl (C=O) groups excluding carboxylic acids is 1. The van der Waals surface area contributed by atoms with Crippen LogP contribution in [-0.2, 0) is 0 Å². The Hall–Kier alpha value is -1.36. The first-order chi connectivity index (χ1) is 9.20. The molecule has 0 saturated heterocycles. The Morgan fingerprint density at radius 2 is 2.32 bits per heavy atom. The van der Waals surface area contributed by atoms with Gasteiger partial charge in [0.25, 0.3) is 5.91 Å². The van der Waals surface area contributed by atoms with Gasteiger partial charge in [-0.1, -0.05) is 12.8 Å². The summed E-state index contributed by atoms with van der Waals surface area (Å²) in [4.78, 5) is 12.0. The minimum atomic E-state index is -0.123. The van der Waals surface area contributed by atoms with Crippen molar-refractivity contribution in [3.63, 3.8) is 0 Å². The van der Waals surface area contributed by atoms with Crippen LogP contribution in [0.3, 0.4) is 0 Å². The molecule has 106 valence electrons. The normalized spacial score (nSPS) is 17.6. The lowest BCUT2D eigenvalue weighted by Crippen LogP contribution is -2.33. The maximum Gasteiger partial charge on any atom is 0.271 e. The second-order valence-electron chi connectivity index (χ2n) is 5.36. The molecule has 1 aliphatic carbocycles. The number of aromatic nitrogens is 2. The van der Waals surface area contributed by atoms with Crippen molar-refractivity contribution < 1.29 is 9.90 Å². The number of carbonyl (C=O) groups is 1. The van der Waals surface area contributed by atoms with Gasteiger partial charge in [0.05, 0.1) is 6.04 Å². The van der Waals surface area contributed by atoms with E-state index in [9.17, 15) is 4.79 Å². The van der Waals surface area contributed by atoms with Crippen LogP contribution in [0.2, 0.25) is 0 Å². The third-order valence-corrected chi connectivity index (χ3v) is 3.71. The molecule has 0 aliphatic heterocycles. The van der Waals surface area contributed by atoms with Gasteiger partial charge in [0.2, 0.25) is 0 Å². The standard InChI is InChI=1S/C14H23N3O2/c1-11(5-4-10-18)15-14(19)13-8-9-17(16-13)12-6-2-3-7-12/h8-9,11-12,18H,2-7,10H2,1H3,(H,15,19). The maximum absolute atomic E-state index is 12.0. The first-order valence-electron chi connectivity index (χ1n) is 7.17. The Labute approximate surface area is 114 Å². The molecule has 2 rings (SSSR count). The number of amides is 1. The van der Waals surface area contributed by atoms with Crippen LogP contribution in [0.15, 0.2) is 12.3 Å². The molecule has 1 aromatic heterocycles. The Bertz CT molecular complexity index is 411. The highest BCUT2D eigenvalue weighted by molar-refractivity contribution is 5.92. The Morgan fingerprint density at radius 3 is 3.00 bits per heavy atom. The molecular formula is C14H23N3O2. The van der Waals surface area contributed by atoms with Crippen molar-refractivity contribution in [2.45, 2.75) is 57.5 Å². The molecule has 2 N–H and O–H groups in total. The molecule has 19 heavy (non-hydrogen) atoms. The summed E-state index contributed by atoms with van der Waals surface area (Å²) in [5.41, 5.74) is 0.489. The molecule has 0 aromatic carbocycles. The molecule has 1 saturated carbocycles. The summed E-state index contributed by atoms with van der Waals surface area (Å²) < 4.78 is 1.93. The van der Waals surface area contributed by atoms with Gasteiger partial charge >= 0.3 is 0 Å². The Balaban J connectivity index is 1.88. The summed E-state index contributed by atoms with van der Waals surface area (Å²) in [5.74, 6) is -0.123. The fourth-order valence-electron chi connectivity index (χ4n) is 2.60. The van der Waals surface area contributed by atoms with Crippen LogP contribution in [0.5, 0.6) is 0 Å². The molecule has 1 aliphatic rings. The summed E-state index contributed by atoms with van der Waals surface area (Å²) in [6.45, 7) is 2.11. The van der Waals surface area contributed by atoms with Crippen LogP contribution in [0.4, 0.5) is 0 Å². The van der Waals surface area contributed by atoms with Crippen LogP contribution in [0.1, 0.15) is 62.0 Å². The van der Waals surface area contributed by atoms with E-state index in [1.54, 1.807) is 6.07 Å². The van der Waals surface area contributed by atoms with Gasteiger partial charge in [-0.05, 0) is 38.7 Å². The molecule has 1 unspecified atom stereocenters. The maximum atomic E-state index is 12.0. The molecule has 0 spiro atoms. The molecule has 0 radical (unpaired) electrons. The van der Waals surface area contributed by atoms with Crippen molar-refractivity contribution in [3.05, 3.63) is 18.0 Å². The molecule has 1 heterocycles. The number of nitrogens with one attached hydrogen (secondary N) is 1. The number of hydrogen-bond acceptors (Lipinski definition) is 3. The third kappa shape index (κ3) is 3.80. The predicted molar refractivity (Wildman–Crippen MR) is 73.0 cm³/mol. The van der Waals surface area contributed by atoms with E-state index in [2.05, 4.69) is 10.4 Å². The summed E-state index contributed by atoms with van der Waals surface area (Å²) in [6, 6.07) is 2.32. The molecule has 1 amide bonds. The van der Waals surface area contributed by atoms with Crippen molar-refractivity contribution in [3.8, 4) is 0 Å². The third-order valence-electron chi connectivity index (χ3n) is 3.71. The zero-order chi connectivity index (χ0) is 13.7. The van der Waals surface area contributed by atoms with Gasteiger partial charge in [-0.15, -0.1) is 0 Å². The van der Waals surface area contributed by atoms with Crippen molar-refractivity contribution in [1.29, 1.82) is 0 Å². The molecular weight excluding hydrogens is 242 g/mol. The fraction of sp³-hybridized carbons (Fsp3) is 0.714. The predicted octanol–water partition coefficient (Wildman–Crippen LogP) is 1.89. The number of rotatable bonds is 6. The molecule has 5 heteroatoms. The quantitative estimate of drug-likeness (QED) is 0.825. The summed E-state index contributed by atoms with van der Waals surface area (Å²) >= 11 is 0. The number of hydrogen-bond donors (Lipinski definition) is 2. The Morgan fingerprint density at radius 1 is 1.58 bits per heavy atom. The summed E-state index contributed by atoms with van der Waals surface area (Å²) in [5, 5.41) is 16.1. The van der Waals surface area contributed by atoms with Crippen LogP contribution in [-0.4, -0.2) is 33.4 Å². The molecule has 1 fully saturated rings. The van der Waals surface area contributed by atoms with Crippen molar-refractivity contribution in [2.24, 2.45) is 0 Å². The van der Waals surface area contributed by atoms with Crippen LogP contribution in [0.25, 0.3) is 0 Å². The highest BCUT2D eigenvalue weighted by Crippen LogP contribution is 2.28. The second-order valence-corrected chi connectivity index (χ2v) is 5.36. The van der Waals surface area contributed by atoms with E-state index < -0.39 is 0 Å². The number of aliphatic hydroxyl groups excluding tert-OH is 1. The molecule has 5 nitrogen and oxygen atoms in total. The van der Waals surface area contributed by atoms with Gasteiger partial charge in [-0.2, -0.15) is 5.10 Å². The average Bonchev–Trinajstić information content (AvgIpc) is 3.05. The SMILES string of the molecule is CC(CCCO)NC(=O)c1ccn(C2CCCC2)n1. The van der Waals surface area contributed by atoms with E-state index in [4.69, 9.17) is 5.11 Å². The highest BCUT2D eigenvalue weighted by Gasteiger charge is 2.19. The van der Waals surface area contributed by atoms with Crippen molar-refractivity contribution in [2.75, 3.05) is 6.61 Å². The van der Waals surface area contributed by atoms with Gasteiger partial charge in [-0.3, -0.25) is 9.48 Å². The Kier molecular flexibility index (Phi) is 4.96. The zero-order valence-corrected chi connectivity index (χ0v) is 11.5. The van der Waals surface area contributed by atoms with Crippen molar-refractivity contribution in [1.82, 2.24) is 15.1 Å². The van der Waals surface area contributed by atoms with Crippen LogP contribution in [0, 0.1) is 0 Å². The topological polar surface area (TPSA) is 67.2 Å². The van der Waals surface area contributed by atoms with Gasteiger partial charge < -0.3 is 10.4 Å². The van der Waals surface area contributed by atoms with E-state index in [0.717, 1.165) is 19.3 Å². The zero-order valence-electron chi connectivity index (χ0n) is 11.5.